The maximum Gasteiger partial charge on any atom is 0.244 e. The molecule has 0 aliphatic heterocycles. The number of hydrogen-bond acceptors (Lipinski definition) is 5. The number of rotatable bonds is 8. The number of likely N-dealkylation sites (N-methyl/N-ethyl adjacent to an activating group) is 1. The third-order valence-electron chi connectivity index (χ3n) is 3.22. The SMILES string of the molecule is CCNCc1n[nH]c(C)c1S(=O)(=O)NCC(C)N(C)C. The van der Waals surface area contributed by atoms with E-state index >= 15 is 0 Å². The lowest BCUT2D eigenvalue weighted by molar-refractivity contribution is 0.314. The monoisotopic (exact) mass is 303 g/mol. The summed E-state index contributed by atoms with van der Waals surface area (Å²) in [5, 5.41) is 9.90. The fraction of sp³-hybridized carbons (Fsp3) is 0.750. The van der Waals surface area contributed by atoms with Gasteiger partial charge in [-0.15, -0.1) is 0 Å². The average Bonchev–Trinajstić information content (AvgIpc) is 2.75. The highest BCUT2D eigenvalue weighted by atomic mass is 32.2. The Kier molecular flexibility index (Phi) is 6.12. The average molecular weight is 303 g/mol. The fourth-order valence-corrected chi connectivity index (χ4v) is 3.16. The van der Waals surface area contributed by atoms with Gasteiger partial charge >= 0.3 is 0 Å². The molecule has 1 heterocycles. The third kappa shape index (κ3) is 4.27. The Morgan fingerprint density at radius 3 is 2.60 bits per heavy atom. The highest BCUT2D eigenvalue weighted by Gasteiger charge is 2.24. The van der Waals surface area contributed by atoms with Crippen LogP contribution in [0.4, 0.5) is 0 Å². The summed E-state index contributed by atoms with van der Waals surface area (Å²) >= 11 is 0. The van der Waals surface area contributed by atoms with Gasteiger partial charge in [-0.1, -0.05) is 6.92 Å². The molecular formula is C12H25N5O2S. The number of aromatic nitrogens is 2. The van der Waals surface area contributed by atoms with Crippen LogP contribution < -0.4 is 10.0 Å². The predicted octanol–water partition coefficient (Wildman–Crippen LogP) is 0.0560. The van der Waals surface area contributed by atoms with Crippen molar-refractivity contribution in [1.82, 2.24) is 25.1 Å². The van der Waals surface area contributed by atoms with Gasteiger partial charge in [0, 0.05) is 19.1 Å². The lowest BCUT2D eigenvalue weighted by Crippen LogP contribution is -2.38. The number of aryl methyl sites for hydroxylation is 1. The Balaban J connectivity index is 2.89. The second-order valence-corrected chi connectivity index (χ2v) is 6.77. The van der Waals surface area contributed by atoms with Gasteiger partial charge in [-0.2, -0.15) is 5.10 Å². The highest BCUT2D eigenvalue weighted by molar-refractivity contribution is 7.89. The maximum atomic E-state index is 12.4. The Morgan fingerprint density at radius 1 is 1.40 bits per heavy atom. The minimum atomic E-state index is -3.55. The first kappa shape index (κ1) is 17.1. The van der Waals surface area contributed by atoms with E-state index in [1.807, 2.05) is 32.8 Å². The molecule has 0 aliphatic rings. The van der Waals surface area contributed by atoms with Crippen LogP contribution >= 0.6 is 0 Å². The minimum Gasteiger partial charge on any atom is -0.311 e. The summed E-state index contributed by atoms with van der Waals surface area (Å²) in [4.78, 5) is 2.22. The summed E-state index contributed by atoms with van der Waals surface area (Å²) in [6.07, 6.45) is 0. The van der Waals surface area contributed by atoms with Crippen molar-refractivity contribution < 1.29 is 8.42 Å². The number of nitrogens with one attached hydrogen (secondary N) is 3. The number of aromatic amines is 1. The Labute approximate surface area is 121 Å². The molecule has 20 heavy (non-hydrogen) atoms. The lowest BCUT2D eigenvalue weighted by atomic mass is 10.3. The van der Waals surface area contributed by atoms with E-state index in [0.29, 0.717) is 24.5 Å². The summed E-state index contributed by atoms with van der Waals surface area (Å²) in [5.74, 6) is 0. The molecule has 7 nitrogen and oxygen atoms in total. The van der Waals surface area contributed by atoms with Gasteiger partial charge in [-0.05, 0) is 34.5 Å². The predicted molar refractivity (Wildman–Crippen MR) is 79.0 cm³/mol. The first-order chi connectivity index (χ1) is 9.29. The molecule has 0 radical (unpaired) electrons. The molecule has 0 bridgehead atoms. The minimum absolute atomic E-state index is 0.120. The third-order valence-corrected chi connectivity index (χ3v) is 4.85. The Morgan fingerprint density at radius 2 is 2.05 bits per heavy atom. The zero-order valence-corrected chi connectivity index (χ0v) is 13.6. The van der Waals surface area contributed by atoms with Gasteiger partial charge in [0.05, 0.1) is 11.4 Å². The lowest BCUT2D eigenvalue weighted by Gasteiger charge is -2.20. The largest absolute Gasteiger partial charge is 0.311 e. The molecule has 0 saturated carbocycles. The summed E-state index contributed by atoms with van der Waals surface area (Å²) in [6, 6.07) is 0.120. The molecule has 8 heteroatoms. The van der Waals surface area contributed by atoms with Crippen molar-refractivity contribution in [1.29, 1.82) is 0 Å². The zero-order chi connectivity index (χ0) is 15.3. The van der Waals surface area contributed by atoms with Crippen LogP contribution in [0.3, 0.4) is 0 Å². The van der Waals surface area contributed by atoms with Crippen LogP contribution in [0.15, 0.2) is 4.90 Å². The van der Waals surface area contributed by atoms with E-state index in [-0.39, 0.29) is 10.9 Å². The van der Waals surface area contributed by atoms with Crippen LogP contribution in [0.25, 0.3) is 0 Å². The quantitative estimate of drug-likeness (QED) is 0.632. The molecule has 3 N–H and O–H groups in total. The van der Waals surface area contributed by atoms with Crippen molar-refractivity contribution >= 4 is 10.0 Å². The van der Waals surface area contributed by atoms with Gasteiger partial charge in [-0.25, -0.2) is 13.1 Å². The molecule has 0 spiro atoms. The molecule has 1 aromatic heterocycles. The molecule has 0 aliphatic carbocycles. The topological polar surface area (TPSA) is 90.1 Å². The summed E-state index contributed by atoms with van der Waals surface area (Å²) < 4.78 is 27.5. The first-order valence-electron chi connectivity index (χ1n) is 6.70. The van der Waals surface area contributed by atoms with Crippen molar-refractivity contribution in [3.05, 3.63) is 11.4 Å². The van der Waals surface area contributed by atoms with E-state index in [9.17, 15) is 8.42 Å². The van der Waals surface area contributed by atoms with Crippen molar-refractivity contribution in [2.75, 3.05) is 27.2 Å². The van der Waals surface area contributed by atoms with Gasteiger partial charge in [0.25, 0.3) is 0 Å². The van der Waals surface area contributed by atoms with E-state index < -0.39 is 10.0 Å². The van der Waals surface area contributed by atoms with Crippen LogP contribution in [0.2, 0.25) is 0 Å². The zero-order valence-electron chi connectivity index (χ0n) is 12.8. The van der Waals surface area contributed by atoms with E-state index in [4.69, 9.17) is 0 Å². The number of sulfonamides is 1. The van der Waals surface area contributed by atoms with Gasteiger partial charge in [0.2, 0.25) is 10.0 Å². The van der Waals surface area contributed by atoms with Crippen LogP contribution in [0.5, 0.6) is 0 Å². The number of hydrogen-bond donors (Lipinski definition) is 3. The van der Waals surface area contributed by atoms with Crippen LogP contribution in [-0.4, -0.2) is 56.7 Å². The molecule has 1 atom stereocenters. The van der Waals surface area contributed by atoms with Crippen molar-refractivity contribution in [3.8, 4) is 0 Å². The summed E-state index contributed by atoms with van der Waals surface area (Å²) in [7, 11) is 0.283. The fourth-order valence-electron chi connectivity index (χ4n) is 1.67. The standard InChI is InChI=1S/C12H25N5O2S/c1-6-13-8-11-12(10(3)15-16-11)20(18,19)14-7-9(2)17(4)5/h9,13-14H,6-8H2,1-5H3,(H,15,16). The second kappa shape index (κ2) is 7.16. The molecule has 1 unspecified atom stereocenters. The number of H-pyrrole nitrogens is 1. The van der Waals surface area contributed by atoms with Crippen molar-refractivity contribution in [3.63, 3.8) is 0 Å². The molecule has 0 amide bonds. The summed E-state index contributed by atoms with van der Waals surface area (Å²) in [6.45, 7) is 7.19. The Bertz CT molecular complexity index is 524. The molecule has 0 aromatic carbocycles. The van der Waals surface area contributed by atoms with Crippen LogP contribution in [0, 0.1) is 6.92 Å². The first-order valence-corrected chi connectivity index (χ1v) is 8.18. The van der Waals surface area contributed by atoms with E-state index in [1.54, 1.807) is 6.92 Å². The van der Waals surface area contributed by atoms with Gasteiger partial charge in [0.15, 0.2) is 0 Å². The normalized spacial score (nSPS) is 13.9. The maximum absolute atomic E-state index is 12.4. The molecule has 1 rings (SSSR count). The Hall–Kier alpha value is -0.960. The van der Waals surface area contributed by atoms with Gasteiger partial charge < -0.3 is 10.2 Å². The van der Waals surface area contributed by atoms with Gasteiger partial charge in [-0.3, -0.25) is 5.10 Å². The van der Waals surface area contributed by atoms with Crippen molar-refractivity contribution in [2.24, 2.45) is 0 Å². The summed E-state index contributed by atoms with van der Waals surface area (Å²) in [5.41, 5.74) is 1.08. The number of nitrogens with zero attached hydrogens (tertiary/aromatic N) is 2. The second-order valence-electron chi connectivity index (χ2n) is 5.07. The van der Waals surface area contributed by atoms with Crippen molar-refractivity contribution in [2.45, 2.75) is 38.3 Å². The van der Waals surface area contributed by atoms with Gasteiger partial charge in [0.1, 0.15) is 4.90 Å². The molecule has 116 valence electrons. The molecule has 0 saturated heterocycles. The van der Waals surface area contributed by atoms with Crippen LogP contribution in [0.1, 0.15) is 25.2 Å². The molecule has 1 aromatic rings. The smallest absolute Gasteiger partial charge is 0.244 e. The molecular weight excluding hydrogens is 278 g/mol. The highest BCUT2D eigenvalue weighted by Crippen LogP contribution is 2.17. The van der Waals surface area contributed by atoms with E-state index in [2.05, 4.69) is 20.2 Å². The van der Waals surface area contributed by atoms with E-state index in [0.717, 1.165) is 6.54 Å². The van der Waals surface area contributed by atoms with E-state index in [1.165, 1.54) is 0 Å². The molecule has 0 fully saturated rings. The van der Waals surface area contributed by atoms with Crippen LogP contribution in [-0.2, 0) is 16.6 Å².